The van der Waals surface area contributed by atoms with Crippen molar-refractivity contribution in [1.29, 1.82) is 0 Å². The van der Waals surface area contributed by atoms with Gasteiger partial charge in [0, 0.05) is 7.05 Å². The molecule has 0 radical (unpaired) electrons. The van der Waals surface area contributed by atoms with Crippen molar-refractivity contribution in [2.24, 2.45) is 0 Å². The van der Waals surface area contributed by atoms with E-state index in [1.807, 2.05) is 0 Å². The molecule has 0 aliphatic carbocycles. The molecule has 0 spiro atoms. The number of carbonyl (C=O) groups excluding carboxylic acids is 2. The predicted octanol–water partition coefficient (Wildman–Crippen LogP) is 1.59. The molecule has 27 heavy (non-hydrogen) atoms. The molecule has 0 atom stereocenters. The summed E-state index contributed by atoms with van der Waals surface area (Å²) in [6.45, 7) is -0.425. The molecule has 1 amide bonds. The number of amides is 1. The lowest BCUT2D eigenvalue weighted by molar-refractivity contribution is -0.124. The number of hydroxylamine groups is 1. The highest BCUT2D eigenvalue weighted by Gasteiger charge is 2.24. The standard InChI is InChI=1S/C16H17ClN2O7S/c1-19(24-2)27(22,23)12-5-6-14(17)13(8-12)16(21)26-10-15(20)18-9-11-4-3-7-25-11/h3-8H,9-10H2,1-2H3,(H,18,20). The number of sulfonamides is 1. The maximum Gasteiger partial charge on any atom is 0.340 e. The van der Waals surface area contributed by atoms with Crippen molar-refractivity contribution in [3.8, 4) is 0 Å². The third-order valence-corrected chi connectivity index (χ3v) is 5.43. The molecule has 146 valence electrons. The maximum atomic E-state index is 12.2. The minimum Gasteiger partial charge on any atom is -0.467 e. The molecule has 9 nitrogen and oxygen atoms in total. The summed E-state index contributed by atoms with van der Waals surface area (Å²) < 4.78 is 35.1. The summed E-state index contributed by atoms with van der Waals surface area (Å²) in [5.41, 5.74) is -0.193. The van der Waals surface area contributed by atoms with E-state index in [0.717, 1.165) is 6.07 Å². The quantitative estimate of drug-likeness (QED) is 0.513. The van der Waals surface area contributed by atoms with E-state index in [2.05, 4.69) is 10.2 Å². The van der Waals surface area contributed by atoms with Gasteiger partial charge in [-0.2, -0.15) is 0 Å². The molecule has 1 N–H and O–H groups in total. The number of nitrogens with zero attached hydrogens (tertiary/aromatic N) is 1. The van der Waals surface area contributed by atoms with E-state index < -0.39 is 28.5 Å². The number of carbonyl (C=O) groups is 2. The van der Waals surface area contributed by atoms with Gasteiger partial charge in [-0.25, -0.2) is 13.2 Å². The van der Waals surface area contributed by atoms with Crippen LogP contribution in [-0.2, 0) is 30.9 Å². The maximum absolute atomic E-state index is 12.2. The summed E-state index contributed by atoms with van der Waals surface area (Å²) >= 11 is 5.95. The molecule has 2 aromatic rings. The van der Waals surface area contributed by atoms with Crippen LogP contribution in [0.1, 0.15) is 16.1 Å². The summed E-state index contributed by atoms with van der Waals surface area (Å²) in [4.78, 5) is 28.4. The van der Waals surface area contributed by atoms with Gasteiger partial charge in [-0.15, -0.1) is 0 Å². The van der Waals surface area contributed by atoms with Crippen molar-refractivity contribution in [1.82, 2.24) is 9.79 Å². The van der Waals surface area contributed by atoms with Crippen LogP contribution >= 0.6 is 11.6 Å². The van der Waals surface area contributed by atoms with Crippen LogP contribution in [0.15, 0.2) is 45.9 Å². The number of hydrogen-bond donors (Lipinski definition) is 1. The van der Waals surface area contributed by atoms with Crippen LogP contribution in [0.5, 0.6) is 0 Å². The van der Waals surface area contributed by atoms with Crippen LogP contribution < -0.4 is 5.32 Å². The van der Waals surface area contributed by atoms with Crippen molar-refractivity contribution in [2.75, 3.05) is 20.8 Å². The zero-order valence-electron chi connectivity index (χ0n) is 14.5. The predicted molar refractivity (Wildman–Crippen MR) is 94.2 cm³/mol. The fourth-order valence-electron chi connectivity index (χ4n) is 1.93. The highest BCUT2D eigenvalue weighted by atomic mass is 35.5. The number of nitrogens with one attached hydrogen (secondary N) is 1. The third-order valence-electron chi connectivity index (χ3n) is 3.43. The Labute approximate surface area is 160 Å². The molecule has 0 saturated carbocycles. The van der Waals surface area contributed by atoms with Gasteiger partial charge in [0.25, 0.3) is 15.9 Å². The van der Waals surface area contributed by atoms with Gasteiger partial charge in [-0.05, 0) is 30.3 Å². The van der Waals surface area contributed by atoms with Crippen LogP contribution in [0, 0.1) is 0 Å². The van der Waals surface area contributed by atoms with Crippen LogP contribution in [0.3, 0.4) is 0 Å². The zero-order chi connectivity index (χ0) is 20.0. The van der Waals surface area contributed by atoms with Gasteiger partial charge < -0.3 is 14.5 Å². The zero-order valence-corrected chi connectivity index (χ0v) is 16.0. The minimum absolute atomic E-state index is 0.0185. The molecule has 0 unspecified atom stereocenters. The topological polar surface area (TPSA) is 115 Å². The Morgan fingerprint density at radius 3 is 2.67 bits per heavy atom. The number of benzene rings is 1. The molecule has 0 aliphatic rings. The number of esters is 1. The largest absolute Gasteiger partial charge is 0.467 e. The summed E-state index contributed by atoms with van der Waals surface area (Å²) in [7, 11) is -1.59. The van der Waals surface area contributed by atoms with E-state index >= 15 is 0 Å². The first-order valence-electron chi connectivity index (χ1n) is 7.54. The van der Waals surface area contributed by atoms with E-state index in [-0.39, 0.29) is 22.0 Å². The number of furan rings is 1. The molecule has 1 aromatic heterocycles. The molecule has 0 aliphatic heterocycles. The lowest BCUT2D eigenvalue weighted by atomic mass is 10.2. The second kappa shape index (κ2) is 9.00. The normalized spacial score (nSPS) is 11.4. The van der Waals surface area contributed by atoms with Crippen LogP contribution in [0.25, 0.3) is 0 Å². The fraction of sp³-hybridized carbons (Fsp3) is 0.250. The monoisotopic (exact) mass is 416 g/mol. The summed E-state index contributed by atoms with van der Waals surface area (Å²) in [6, 6.07) is 6.86. The first-order valence-corrected chi connectivity index (χ1v) is 9.36. The molecule has 11 heteroatoms. The van der Waals surface area contributed by atoms with E-state index in [0.29, 0.717) is 10.2 Å². The highest BCUT2D eigenvalue weighted by molar-refractivity contribution is 7.89. The van der Waals surface area contributed by atoms with Crippen LogP contribution in [0.4, 0.5) is 0 Å². The summed E-state index contributed by atoms with van der Waals surface area (Å²) in [5, 5.41) is 2.48. The van der Waals surface area contributed by atoms with Gasteiger partial charge in [0.15, 0.2) is 6.61 Å². The Kier molecular flexibility index (Phi) is 6.97. The van der Waals surface area contributed by atoms with Crippen LogP contribution in [-0.4, -0.2) is 45.5 Å². The second-order valence-electron chi connectivity index (χ2n) is 5.17. The summed E-state index contributed by atoms with van der Waals surface area (Å²) in [6.07, 6.45) is 1.46. The first kappa shape index (κ1) is 20.9. The van der Waals surface area contributed by atoms with Gasteiger partial charge in [-0.1, -0.05) is 16.1 Å². The van der Waals surface area contributed by atoms with Crippen molar-refractivity contribution in [2.45, 2.75) is 11.4 Å². The van der Waals surface area contributed by atoms with Crippen molar-refractivity contribution >= 4 is 33.5 Å². The molecular formula is C16H17ClN2O7S. The Bertz CT molecular complexity index is 913. The lowest BCUT2D eigenvalue weighted by Crippen LogP contribution is -2.28. The van der Waals surface area contributed by atoms with Crippen LogP contribution in [0.2, 0.25) is 5.02 Å². The number of hydrogen-bond acceptors (Lipinski definition) is 7. The molecule has 0 saturated heterocycles. The molecule has 0 fully saturated rings. The molecule has 0 bridgehead atoms. The fourth-order valence-corrected chi connectivity index (χ4v) is 3.12. The summed E-state index contributed by atoms with van der Waals surface area (Å²) in [5.74, 6) is -0.957. The molecule has 1 heterocycles. The Balaban J connectivity index is 2.03. The number of rotatable bonds is 8. The van der Waals surface area contributed by atoms with Crippen molar-refractivity contribution in [3.05, 3.63) is 52.9 Å². The van der Waals surface area contributed by atoms with Gasteiger partial charge >= 0.3 is 5.97 Å². The van der Waals surface area contributed by atoms with Gasteiger partial charge in [0.1, 0.15) is 5.76 Å². The Morgan fingerprint density at radius 2 is 2.04 bits per heavy atom. The lowest BCUT2D eigenvalue weighted by Gasteiger charge is -2.15. The van der Waals surface area contributed by atoms with Gasteiger partial charge in [0.2, 0.25) is 0 Å². The minimum atomic E-state index is -3.97. The van der Waals surface area contributed by atoms with Gasteiger partial charge in [-0.3, -0.25) is 9.63 Å². The smallest absolute Gasteiger partial charge is 0.340 e. The number of ether oxygens (including phenoxy) is 1. The van der Waals surface area contributed by atoms with E-state index in [4.69, 9.17) is 20.8 Å². The third kappa shape index (κ3) is 5.30. The molecule has 1 aromatic carbocycles. The highest BCUT2D eigenvalue weighted by Crippen LogP contribution is 2.23. The average molecular weight is 417 g/mol. The molecule has 2 rings (SSSR count). The second-order valence-corrected chi connectivity index (χ2v) is 7.51. The Morgan fingerprint density at radius 1 is 1.30 bits per heavy atom. The Hall–Kier alpha value is -2.40. The first-order chi connectivity index (χ1) is 12.8. The SMILES string of the molecule is CON(C)S(=O)(=O)c1ccc(Cl)c(C(=O)OCC(=O)NCc2ccco2)c1. The van der Waals surface area contributed by atoms with E-state index in [1.54, 1.807) is 12.1 Å². The van der Waals surface area contributed by atoms with E-state index in [1.165, 1.54) is 32.6 Å². The van der Waals surface area contributed by atoms with Gasteiger partial charge in [0.05, 0.1) is 35.4 Å². The van der Waals surface area contributed by atoms with Crippen molar-refractivity contribution < 1.29 is 32.0 Å². The average Bonchev–Trinajstić information content (AvgIpc) is 3.17. The van der Waals surface area contributed by atoms with E-state index in [9.17, 15) is 18.0 Å². The number of halogens is 1. The molecular weight excluding hydrogens is 400 g/mol. The van der Waals surface area contributed by atoms with Crippen molar-refractivity contribution in [3.63, 3.8) is 0 Å².